The van der Waals surface area contributed by atoms with E-state index in [-0.39, 0.29) is 0 Å². The molecule has 0 spiro atoms. The summed E-state index contributed by atoms with van der Waals surface area (Å²) in [5, 5.41) is 0.638. The third-order valence-corrected chi connectivity index (χ3v) is 5.17. The molecule has 2 nitrogen and oxygen atoms in total. The van der Waals surface area contributed by atoms with Gasteiger partial charge in [0.2, 0.25) is 0 Å². The van der Waals surface area contributed by atoms with Crippen LogP contribution in [0, 0.1) is 6.92 Å². The first-order valence-corrected chi connectivity index (χ1v) is 7.75. The van der Waals surface area contributed by atoms with E-state index in [0.717, 1.165) is 17.9 Å². The van der Waals surface area contributed by atoms with E-state index in [1.54, 1.807) is 0 Å². The summed E-state index contributed by atoms with van der Waals surface area (Å²) in [5.41, 5.74) is 9.27. The summed E-state index contributed by atoms with van der Waals surface area (Å²) in [6.45, 7) is 7.70. The number of hydrogen-bond donors (Lipinski definition) is 1. The maximum Gasteiger partial charge on any atom is 0.106 e. The van der Waals surface area contributed by atoms with Gasteiger partial charge in [-0.2, -0.15) is 11.8 Å². The average Bonchev–Trinajstić information content (AvgIpc) is 2.33. The molecule has 1 heterocycles. The van der Waals surface area contributed by atoms with Gasteiger partial charge < -0.3 is 10.6 Å². The number of hydrogen-bond acceptors (Lipinski definition) is 3. The lowest BCUT2D eigenvalue weighted by molar-refractivity contribution is 0.627. The van der Waals surface area contributed by atoms with E-state index in [0.29, 0.717) is 16.3 Å². The van der Waals surface area contributed by atoms with Crippen LogP contribution in [0.3, 0.4) is 0 Å². The zero-order valence-electron chi connectivity index (χ0n) is 11.1. The molecule has 1 aliphatic heterocycles. The Morgan fingerprint density at radius 3 is 2.83 bits per heavy atom. The Kier molecular flexibility index (Phi) is 4.17. The van der Waals surface area contributed by atoms with Gasteiger partial charge in [-0.1, -0.05) is 30.8 Å². The molecule has 1 aromatic carbocycles. The lowest BCUT2D eigenvalue weighted by Crippen LogP contribution is -2.45. The zero-order chi connectivity index (χ0) is 13.3. The molecule has 0 bridgehead atoms. The third kappa shape index (κ3) is 2.64. The van der Waals surface area contributed by atoms with Gasteiger partial charge in [-0.05, 0) is 26.0 Å². The summed E-state index contributed by atoms with van der Waals surface area (Å²) in [6, 6.07) is 6.90. The van der Waals surface area contributed by atoms with Crippen LogP contribution in [0.2, 0.25) is 0 Å². The third-order valence-electron chi connectivity index (χ3n) is 3.61. The van der Waals surface area contributed by atoms with Crippen LogP contribution in [-0.2, 0) is 0 Å². The quantitative estimate of drug-likeness (QED) is 0.843. The summed E-state index contributed by atoms with van der Waals surface area (Å²) in [4.78, 5) is 2.93. The highest BCUT2D eigenvalue weighted by molar-refractivity contribution is 8.00. The molecule has 1 saturated heterocycles. The van der Waals surface area contributed by atoms with E-state index in [9.17, 15) is 0 Å². The highest BCUT2D eigenvalue weighted by Crippen LogP contribution is 2.31. The van der Waals surface area contributed by atoms with Crippen molar-refractivity contribution in [1.29, 1.82) is 0 Å². The molecular weight excluding hydrogens is 260 g/mol. The molecular formula is C14H20N2S2. The molecule has 0 aromatic heterocycles. The number of anilines is 1. The number of rotatable bonds is 2. The highest BCUT2D eigenvalue weighted by Gasteiger charge is 2.27. The van der Waals surface area contributed by atoms with Gasteiger partial charge in [0.25, 0.3) is 0 Å². The first-order chi connectivity index (χ1) is 8.50. The Bertz CT molecular complexity index is 459. The second kappa shape index (κ2) is 5.49. The van der Waals surface area contributed by atoms with E-state index in [1.807, 2.05) is 11.8 Å². The Morgan fingerprint density at radius 1 is 1.44 bits per heavy atom. The number of thioether (sulfide) groups is 1. The number of benzene rings is 1. The van der Waals surface area contributed by atoms with Crippen LogP contribution in [0.5, 0.6) is 0 Å². The minimum atomic E-state index is 0.492. The average molecular weight is 280 g/mol. The van der Waals surface area contributed by atoms with Crippen LogP contribution in [-0.4, -0.2) is 28.6 Å². The Morgan fingerprint density at radius 2 is 2.17 bits per heavy atom. The molecule has 2 N–H and O–H groups in total. The summed E-state index contributed by atoms with van der Waals surface area (Å²) in [6.07, 6.45) is 0. The Balaban J connectivity index is 2.40. The summed E-state index contributed by atoms with van der Waals surface area (Å²) in [7, 11) is 0. The van der Waals surface area contributed by atoms with Crippen LogP contribution in [0.1, 0.15) is 25.0 Å². The molecule has 4 heteroatoms. The molecule has 2 rings (SSSR count). The van der Waals surface area contributed by atoms with Gasteiger partial charge in [-0.15, -0.1) is 0 Å². The van der Waals surface area contributed by atoms with Crippen LogP contribution in [0.25, 0.3) is 0 Å². The zero-order valence-corrected chi connectivity index (χ0v) is 12.8. The van der Waals surface area contributed by atoms with Crippen LogP contribution >= 0.6 is 24.0 Å². The van der Waals surface area contributed by atoms with Crippen molar-refractivity contribution < 1.29 is 0 Å². The SMILES string of the molecule is Cc1ccc(N2CCSC(C)C2C)c(C(N)=S)c1. The molecule has 2 unspecified atom stereocenters. The fraction of sp³-hybridized carbons (Fsp3) is 0.500. The van der Waals surface area contributed by atoms with E-state index in [1.165, 1.54) is 11.3 Å². The normalized spacial score (nSPS) is 24.1. The predicted octanol–water partition coefficient (Wildman–Crippen LogP) is 2.96. The maximum atomic E-state index is 5.87. The molecule has 2 atom stereocenters. The number of nitrogens with zero attached hydrogens (tertiary/aromatic N) is 1. The van der Waals surface area contributed by atoms with Crippen molar-refractivity contribution in [2.75, 3.05) is 17.2 Å². The monoisotopic (exact) mass is 280 g/mol. The minimum absolute atomic E-state index is 0.492. The van der Waals surface area contributed by atoms with Gasteiger partial charge in [0.1, 0.15) is 4.99 Å². The van der Waals surface area contributed by atoms with Gasteiger partial charge in [0.15, 0.2) is 0 Å². The molecule has 0 amide bonds. The second-order valence-corrected chi connectivity index (χ2v) is 6.82. The molecule has 18 heavy (non-hydrogen) atoms. The number of aryl methyl sites for hydroxylation is 1. The van der Waals surface area contributed by atoms with Crippen molar-refractivity contribution in [2.24, 2.45) is 5.73 Å². The predicted molar refractivity (Wildman–Crippen MR) is 85.8 cm³/mol. The summed E-state index contributed by atoms with van der Waals surface area (Å²) in [5.74, 6) is 1.16. The molecule has 1 fully saturated rings. The fourth-order valence-electron chi connectivity index (χ4n) is 2.37. The lowest BCUT2D eigenvalue weighted by Gasteiger charge is -2.40. The van der Waals surface area contributed by atoms with Crippen molar-refractivity contribution in [1.82, 2.24) is 0 Å². The topological polar surface area (TPSA) is 29.3 Å². The van der Waals surface area contributed by atoms with Crippen LogP contribution in [0.15, 0.2) is 18.2 Å². The van der Waals surface area contributed by atoms with Crippen molar-refractivity contribution in [3.63, 3.8) is 0 Å². The number of nitrogens with two attached hydrogens (primary N) is 1. The first kappa shape index (κ1) is 13.7. The van der Waals surface area contributed by atoms with Crippen molar-refractivity contribution in [2.45, 2.75) is 32.1 Å². The minimum Gasteiger partial charge on any atom is -0.389 e. The molecule has 1 aromatic rings. The summed E-state index contributed by atoms with van der Waals surface area (Å²) < 4.78 is 0. The van der Waals surface area contributed by atoms with Crippen molar-refractivity contribution >= 4 is 34.7 Å². The molecule has 0 aliphatic carbocycles. The smallest absolute Gasteiger partial charge is 0.106 e. The lowest BCUT2D eigenvalue weighted by atomic mass is 10.1. The van der Waals surface area contributed by atoms with E-state index < -0.39 is 0 Å². The fourth-order valence-corrected chi connectivity index (χ4v) is 3.63. The second-order valence-electron chi connectivity index (χ2n) is 4.89. The van der Waals surface area contributed by atoms with E-state index in [4.69, 9.17) is 18.0 Å². The van der Waals surface area contributed by atoms with Gasteiger partial charge in [-0.3, -0.25) is 0 Å². The standard InChI is InChI=1S/C14H20N2S2/c1-9-4-5-13(12(8-9)14(15)17)16-6-7-18-11(3)10(16)2/h4-5,8,10-11H,6-7H2,1-3H3,(H2,15,17). The summed E-state index contributed by atoms with van der Waals surface area (Å²) >= 11 is 7.23. The van der Waals surface area contributed by atoms with Gasteiger partial charge in [-0.25, -0.2) is 0 Å². The first-order valence-electron chi connectivity index (χ1n) is 6.29. The van der Waals surface area contributed by atoms with Gasteiger partial charge in [0, 0.05) is 34.8 Å². The van der Waals surface area contributed by atoms with E-state index >= 15 is 0 Å². The highest BCUT2D eigenvalue weighted by atomic mass is 32.2. The largest absolute Gasteiger partial charge is 0.389 e. The maximum absolute atomic E-state index is 5.87. The van der Waals surface area contributed by atoms with Gasteiger partial charge >= 0.3 is 0 Å². The Hall–Kier alpha value is -0.740. The van der Waals surface area contributed by atoms with Crippen LogP contribution < -0.4 is 10.6 Å². The van der Waals surface area contributed by atoms with Crippen molar-refractivity contribution in [3.05, 3.63) is 29.3 Å². The van der Waals surface area contributed by atoms with E-state index in [2.05, 4.69) is 43.9 Å². The Labute approximate surface area is 119 Å². The van der Waals surface area contributed by atoms with Crippen molar-refractivity contribution in [3.8, 4) is 0 Å². The van der Waals surface area contributed by atoms with Crippen LogP contribution in [0.4, 0.5) is 5.69 Å². The molecule has 1 aliphatic rings. The molecule has 0 saturated carbocycles. The number of thiocarbonyl (C=S) groups is 1. The molecule has 98 valence electrons. The molecule has 0 radical (unpaired) electrons. The van der Waals surface area contributed by atoms with Gasteiger partial charge in [0.05, 0.1) is 0 Å².